The summed E-state index contributed by atoms with van der Waals surface area (Å²) in [5.74, 6) is 0.851. The van der Waals surface area contributed by atoms with Crippen molar-refractivity contribution in [2.24, 2.45) is 0 Å². The molecule has 0 saturated carbocycles. The molecule has 2 heterocycles. The summed E-state index contributed by atoms with van der Waals surface area (Å²) in [6.45, 7) is 3.29. The SMILES string of the molecule is Cc1nc(CC(=O)N2CCOC(c3ccc(Cl)cc3)C2)no1. The number of amides is 1. The molecule has 7 heteroatoms. The van der Waals surface area contributed by atoms with Gasteiger partial charge in [0.25, 0.3) is 0 Å². The lowest BCUT2D eigenvalue weighted by Gasteiger charge is -2.33. The third-order valence-electron chi connectivity index (χ3n) is 3.54. The van der Waals surface area contributed by atoms with Gasteiger partial charge in [-0.1, -0.05) is 28.9 Å². The van der Waals surface area contributed by atoms with E-state index in [1.165, 1.54) is 0 Å². The van der Waals surface area contributed by atoms with Crippen molar-refractivity contribution in [2.45, 2.75) is 19.4 Å². The Kier molecular flexibility index (Phi) is 4.40. The Balaban J connectivity index is 1.64. The van der Waals surface area contributed by atoms with Crippen LogP contribution in [-0.4, -0.2) is 40.6 Å². The Labute approximate surface area is 133 Å². The highest BCUT2D eigenvalue weighted by Gasteiger charge is 2.26. The van der Waals surface area contributed by atoms with E-state index >= 15 is 0 Å². The lowest BCUT2D eigenvalue weighted by Crippen LogP contribution is -2.43. The molecule has 1 amide bonds. The van der Waals surface area contributed by atoms with Gasteiger partial charge in [0.2, 0.25) is 11.8 Å². The van der Waals surface area contributed by atoms with Crippen LogP contribution in [-0.2, 0) is 16.0 Å². The molecule has 1 aromatic carbocycles. The van der Waals surface area contributed by atoms with Crippen LogP contribution in [0.5, 0.6) is 0 Å². The summed E-state index contributed by atoms with van der Waals surface area (Å²) < 4.78 is 10.6. The van der Waals surface area contributed by atoms with Crippen molar-refractivity contribution in [2.75, 3.05) is 19.7 Å². The monoisotopic (exact) mass is 321 g/mol. The highest BCUT2D eigenvalue weighted by Crippen LogP contribution is 2.24. The van der Waals surface area contributed by atoms with Crippen LogP contribution in [0.15, 0.2) is 28.8 Å². The van der Waals surface area contributed by atoms with Gasteiger partial charge in [0.05, 0.1) is 19.6 Å². The van der Waals surface area contributed by atoms with Crippen LogP contribution in [0, 0.1) is 6.92 Å². The molecular weight excluding hydrogens is 306 g/mol. The van der Waals surface area contributed by atoms with Crippen LogP contribution in [0.2, 0.25) is 5.02 Å². The minimum absolute atomic E-state index is 0.0249. The second-order valence-corrected chi connectivity index (χ2v) is 5.59. The normalized spacial score (nSPS) is 18.5. The van der Waals surface area contributed by atoms with E-state index in [1.54, 1.807) is 11.8 Å². The third-order valence-corrected chi connectivity index (χ3v) is 3.79. The molecule has 1 fully saturated rings. The zero-order chi connectivity index (χ0) is 15.5. The van der Waals surface area contributed by atoms with E-state index < -0.39 is 0 Å². The van der Waals surface area contributed by atoms with Crippen LogP contribution in [0.4, 0.5) is 0 Å². The van der Waals surface area contributed by atoms with E-state index in [1.807, 2.05) is 24.3 Å². The number of hydrogen-bond donors (Lipinski definition) is 0. The van der Waals surface area contributed by atoms with Gasteiger partial charge in [-0.05, 0) is 17.7 Å². The van der Waals surface area contributed by atoms with Crippen LogP contribution >= 0.6 is 11.6 Å². The topological polar surface area (TPSA) is 68.5 Å². The summed E-state index contributed by atoms with van der Waals surface area (Å²) >= 11 is 5.89. The Bertz CT molecular complexity index is 656. The smallest absolute Gasteiger partial charge is 0.230 e. The summed E-state index contributed by atoms with van der Waals surface area (Å²) in [6.07, 6.45) is 0.00647. The quantitative estimate of drug-likeness (QED) is 0.866. The Morgan fingerprint density at radius 2 is 2.18 bits per heavy atom. The van der Waals surface area contributed by atoms with Gasteiger partial charge in [-0.25, -0.2) is 0 Å². The van der Waals surface area contributed by atoms with Gasteiger partial charge >= 0.3 is 0 Å². The summed E-state index contributed by atoms with van der Waals surface area (Å²) in [4.78, 5) is 18.2. The van der Waals surface area contributed by atoms with Gasteiger partial charge in [-0.3, -0.25) is 4.79 Å². The fourth-order valence-electron chi connectivity index (χ4n) is 2.42. The van der Waals surface area contributed by atoms with E-state index in [4.69, 9.17) is 20.9 Å². The fourth-order valence-corrected chi connectivity index (χ4v) is 2.54. The van der Waals surface area contributed by atoms with E-state index in [0.717, 1.165) is 5.56 Å². The molecule has 6 nitrogen and oxygen atoms in total. The lowest BCUT2D eigenvalue weighted by molar-refractivity contribution is -0.138. The maximum absolute atomic E-state index is 12.3. The van der Waals surface area contributed by atoms with E-state index in [-0.39, 0.29) is 18.4 Å². The van der Waals surface area contributed by atoms with E-state index in [2.05, 4.69) is 10.1 Å². The van der Waals surface area contributed by atoms with Crippen molar-refractivity contribution in [1.29, 1.82) is 0 Å². The maximum Gasteiger partial charge on any atom is 0.230 e. The van der Waals surface area contributed by atoms with Crippen molar-refractivity contribution in [3.8, 4) is 0 Å². The summed E-state index contributed by atoms with van der Waals surface area (Å²) in [6, 6.07) is 7.49. The first kappa shape index (κ1) is 15.0. The predicted molar refractivity (Wildman–Crippen MR) is 79.5 cm³/mol. The second-order valence-electron chi connectivity index (χ2n) is 5.16. The average molecular weight is 322 g/mol. The number of nitrogens with zero attached hydrogens (tertiary/aromatic N) is 3. The molecule has 0 bridgehead atoms. The van der Waals surface area contributed by atoms with Gasteiger partial charge < -0.3 is 14.2 Å². The number of carbonyl (C=O) groups is 1. The molecule has 0 spiro atoms. The Morgan fingerprint density at radius 1 is 1.41 bits per heavy atom. The van der Waals surface area contributed by atoms with Crippen molar-refractivity contribution < 1.29 is 14.1 Å². The van der Waals surface area contributed by atoms with Crippen molar-refractivity contribution in [1.82, 2.24) is 15.0 Å². The minimum Gasteiger partial charge on any atom is -0.370 e. The first-order valence-corrected chi connectivity index (χ1v) is 7.43. The van der Waals surface area contributed by atoms with Gasteiger partial charge in [-0.2, -0.15) is 4.98 Å². The molecule has 3 rings (SSSR count). The zero-order valence-corrected chi connectivity index (χ0v) is 12.9. The number of benzene rings is 1. The van der Waals surface area contributed by atoms with Gasteiger partial charge in [0.15, 0.2) is 5.82 Å². The number of halogens is 1. The molecule has 1 aliphatic heterocycles. The molecular formula is C15H16ClN3O3. The molecule has 0 N–H and O–H groups in total. The summed E-state index contributed by atoms with van der Waals surface area (Å²) in [5, 5.41) is 4.44. The number of rotatable bonds is 3. The number of carbonyl (C=O) groups excluding carboxylic acids is 1. The summed E-state index contributed by atoms with van der Waals surface area (Å²) in [7, 11) is 0. The molecule has 0 radical (unpaired) electrons. The molecule has 1 aliphatic rings. The lowest BCUT2D eigenvalue weighted by atomic mass is 10.1. The van der Waals surface area contributed by atoms with Crippen molar-refractivity contribution >= 4 is 17.5 Å². The summed E-state index contributed by atoms with van der Waals surface area (Å²) in [5.41, 5.74) is 1.01. The molecule has 1 atom stereocenters. The predicted octanol–water partition coefficient (Wildman–Crippen LogP) is 2.17. The first-order chi connectivity index (χ1) is 10.6. The Hall–Kier alpha value is -1.92. The van der Waals surface area contributed by atoms with E-state index in [9.17, 15) is 4.79 Å². The van der Waals surface area contributed by atoms with Crippen molar-refractivity contribution in [3.63, 3.8) is 0 Å². The number of ether oxygens (including phenoxy) is 1. The molecule has 0 aliphatic carbocycles. The van der Waals surface area contributed by atoms with Gasteiger partial charge in [0, 0.05) is 18.5 Å². The first-order valence-electron chi connectivity index (χ1n) is 7.06. The molecule has 1 saturated heterocycles. The fraction of sp³-hybridized carbons (Fsp3) is 0.400. The third kappa shape index (κ3) is 3.45. The molecule has 1 aromatic heterocycles. The van der Waals surface area contributed by atoms with Gasteiger partial charge in [0.1, 0.15) is 6.10 Å². The second kappa shape index (κ2) is 6.46. The van der Waals surface area contributed by atoms with Crippen LogP contribution in [0.1, 0.15) is 23.4 Å². The number of aryl methyl sites for hydroxylation is 1. The number of morpholine rings is 1. The molecule has 116 valence electrons. The molecule has 1 unspecified atom stereocenters. The highest BCUT2D eigenvalue weighted by molar-refractivity contribution is 6.30. The standard InChI is InChI=1S/C15H16ClN3O3/c1-10-17-14(18-22-10)8-15(20)19-6-7-21-13(9-19)11-2-4-12(16)5-3-11/h2-5,13H,6-9H2,1H3. The van der Waals surface area contributed by atoms with Crippen LogP contribution < -0.4 is 0 Å². The molecule has 2 aromatic rings. The van der Waals surface area contributed by atoms with Crippen LogP contribution in [0.25, 0.3) is 0 Å². The largest absolute Gasteiger partial charge is 0.370 e. The van der Waals surface area contributed by atoms with Crippen LogP contribution in [0.3, 0.4) is 0 Å². The van der Waals surface area contributed by atoms with Crippen molar-refractivity contribution in [3.05, 3.63) is 46.6 Å². The molecule has 22 heavy (non-hydrogen) atoms. The van der Waals surface area contributed by atoms with E-state index in [0.29, 0.717) is 36.4 Å². The maximum atomic E-state index is 12.3. The zero-order valence-electron chi connectivity index (χ0n) is 12.2. The number of aromatic nitrogens is 2. The van der Waals surface area contributed by atoms with Gasteiger partial charge in [-0.15, -0.1) is 0 Å². The Morgan fingerprint density at radius 3 is 2.86 bits per heavy atom. The highest BCUT2D eigenvalue weighted by atomic mass is 35.5. The average Bonchev–Trinajstić information content (AvgIpc) is 2.93. The minimum atomic E-state index is -0.137. The number of hydrogen-bond acceptors (Lipinski definition) is 5.